The maximum absolute atomic E-state index is 13.5. The Morgan fingerprint density at radius 1 is 1.47 bits per heavy atom. The van der Waals surface area contributed by atoms with Crippen molar-refractivity contribution in [2.45, 2.75) is 19.9 Å². The van der Waals surface area contributed by atoms with Gasteiger partial charge in [-0.3, -0.25) is 9.48 Å². The smallest absolute Gasteiger partial charge is 0.262 e. The van der Waals surface area contributed by atoms with Gasteiger partial charge in [0.05, 0.1) is 11.9 Å². The topological polar surface area (TPSA) is 67.2 Å². The molecule has 5 nitrogen and oxygen atoms in total. The summed E-state index contributed by atoms with van der Waals surface area (Å²) in [6, 6.07) is 3.87. The Morgan fingerprint density at radius 2 is 2.21 bits per heavy atom. The molecule has 0 radical (unpaired) electrons. The summed E-state index contributed by atoms with van der Waals surface area (Å²) in [6.07, 6.45) is 3.11. The fourth-order valence-corrected chi connectivity index (χ4v) is 1.62. The number of aromatic nitrogens is 2. The monoisotopic (exact) mass is 263 g/mol. The summed E-state index contributed by atoms with van der Waals surface area (Å²) in [5, 5.41) is 16.1. The average molecular weight is 263 g/mol. The third kappa shape index (κ3) is 2.73. The highest BCUT2D eigenvalue weighted by Crippen LogP contribution is 2.21. The second-order valence-corrected chi connectivity index (χ2v) is 4.39. The van der Waals surface area contributed by atoms with Gasteiger partial charge in [-0.15, -0.1) is 0 Å². The summed E-state index contributed by atoms with van der Waals surface area (Å²) in [4.78, 5) is 11.9. The summed E-state index contributed by atoms with van der Waals surface area (Å²) < 4.78 is 15.2. The molecule has 0 spiro atoms. The van der Waals surface area contributed by atoms with E-state index < -0.39 is 17.5 Å². The number of carbonyl (C=O) groups excluding carboxylic acids is 1. The number of carbonyl (C=O) groups is 1. The number of nitrogens with one attached hydrogen (secondary N) is 1. The molecule has 0 unspecified atom stereocenters. The first-order chi connectivity index (χ1) is 8.99. The summed E-state index contributed by atoms with van der Waals surface area (Å²) in [5.74, 6) is -1.87. The van der Waals surface area contributed by atoms with E-state index in [0.29, 0.717) is 5.69 Å². The van der Waals surface area contributed by atoms with Crippen LogP contribution in [0.2, 0.25) is 0 Å². The molecule has 0 atom stereocenters. The second-order valence-electron chi connectivity index (χ2n) is 4.39. The number of aromatic hydroxyl groups is 1. The van der Waals surface area contributed by atoms with E-state index in [4.69, 9.17) is 0 Å². The van der Waals surface area contributed by atoms with Crippen molar-refractivity contribution in [3.8, 4) is 5.75 Å². The van der Waals surface area contributed by atoms with Crippen LogP contribution < -0.4 is 5.32 Å². The highest BCUT2D eigenvalue weighted by molar-refractivity contribution is 6.06. The number of hydrogen-bond acceptors (Lipinski definition) is 3. The quantitative estimate of drug-likeness (QED) is 0.894. The molecule has 0 saturated carbocycles. The summed E-state index contributed by atoms with van der Waals surface area (Å²) >= 11 is 0. The lowest BCUT2D eigenvalue weighted by molar-refractivity contribution is 0.102. The Morgan fingerprint density at radius 3 is 2.79 bits per heavy atom. The van der Waals surface area contributed by atoms with E-state index in [-0.39, 0.29) is 11.6 Å². The number of halogens is 1. The van der Waals surface area contributed by atoms with Crippen molar-refractivity contribution in [2.24, 2.45) is 0 Å². The second kappa shape index (κ2) is 5.09. The van der Waals surface area contributed by atoms with Crippen LogP contribution in [0.3, 0.4) is 0 Å². The zero-order valence-electron chi connectivity index (χ0n) is 10.6. The normalized spacial score (nSPS) is 10.7. The van der Waals surface area contributed by atoms with Crippen molar-refractivity contribution in [1.82, 2.24) is 9.78 Å². The number of phenols is 1. The predicted octanol–water partition coefficient (Wildman–Crippen LogP) is 2.56. The van der Waals surface area contributed by atoms with Crippen molar-refractivity contribution < 1.29 is 14.3 Å². The number of phenolic OH excluding ortho intramolecular Hbond substituents is 1. The Balaban J connectivity index is 2.21. The number of benzene rings is 1. The molecule has 2 N–H and O–H groups in total. The zero-order valence-corrected chi connectivity index (χ0v) is 10.6. The van der Waals surface area contributed by atoms with Gasteiger partial charge < -0.3 is 10.4 Å². The maximum atomic E-state index is 13.5. The lowest BCUT2D eigenvalue weighted by atomic mass is 10.1. The molecule has 0 aliphatic carbocycles. The van der Waals surface area contributed by atoms with Gasteiger partial charge in [-0.25, -0.2) is 4.39 Å². The van der Waals surface area contributed by atoms with E-state index in [1.54, 1.807) is 10.9 Å². The van der Waals surface area contributed by atoms with Crippen LogP contribution in [-0.4, -0.2) is 20.8 Å². The Hall–Kier alpha value is -2.37. The van der Waals surface area contributed by atoms with Crippen LogP contribution in [0.4, 0.5) is 10.1 Å². The van der Waals surface area contributed by atoms with Crippen molar-refractivity contribution in [3.05, 3.63) is 42.0 Å². The minimum atomic E-state index is -0.770. The van der Waals surface area contributed by atoms with Gasteiger partial charge in [-0.05, 0) is 26.0 Å². The molecule has 0 saturated heterocycles. The molecule has 0 fully saturated rings. The van der Waals surface area contributed by atoms with Gasteiger partial charge in [0.1, 0.15) is 17.1 Å². The number of hydrogen-bond donors (Lipinski definition) is 2. The molecule has 1 heterocycles. The van der Waals surface area contributed by atoms with Gasteiger partial charge in [-0.2, -0.15) is 5.10 Å². The van der Waals surface area contributed by atoms with Crippen LogP contribution in [-0.2, 0) is 0 Å². The molecule has 6 heteroatoms. The molecule has 1 aromatic carbocycles. The van der Waals surface area contributed by atoms with Gasteiger partial charge in [0.25, 0.3) is 5.91 Å². The van der Waals surface area contributed by atoms with Crippen LogP contribution >= 0.6 is 0 Å². The predicted molar refractivity (Wildman–Crippen MR) is 68.6 cm³/mol. The molecule has 100 valence electrons. The van der Waals surface area contributed by atoms with Crippen LogP contribution in [0.5, 0.6) is 5.75 Å². The van der Waals surface area contributed by atoms with Crippen LogP contribution in [0.15, 0.2) is 30.6 Å². The molecule has 0 aliphatic heterocycles. The standard InChI is InChI=1S/C13H14FN3O2/c1-8(2)17-7-9(6-15-17)16-13(19)12-10(14)4-3-5-11(12)18/h3-8,18H,1-2H3,(H,16,19). The van der Waals surface area contributed by atoms with E-state index in [2.05, 4.69) is 10.4 Å². The fraction of sp³-hybridized carbons (Fsp3) is 0.231. The van der Waals surface area contributed by atoms with Crippen molar-refractivity contribution in [1.29, 1.82) is 0 Å². The van der Waals surface area contributed by atoms with Crippen LogP contribution in [0.25, 0.3) is 0 Å². The molecule has 0 bridgehead atoms. The molecule has 1 amide bonds. The van der Waals surface area contributed by atoms with E-state index in [1.165, 1.54) is 18.3 Å². The largest absolute Gasteiger partial charge is 0.507 e. The highest BCUT2D eigenvalue weighted by Gasteiger charge is 2.17. The average Bonchev–Trinajstić information content (AvgIpc) is 2.77. The Kier molecular flexibility index (Phi) is 3.50. The van der Waals surface area contributed by atoms with Gasteiger partial charge in [0.15, 0.2) is 0 Å². The Labute approximate surface area is 109 Å². The molecule has 2 rings (SSSR count). The van der Waals surface area contributed by atoms with Crippen molar-refractivity contribution in [2.75, 3.05) is 5.32 Å². The fourth-order valence-electron chi connectivity index (χ4n) is 1.62. The van der Waals surface area contributed by atoms with Crippen LogP contribution in [0, 0.1) is 5.82 Å². The van der Waals surface area contributed by atoms with E-state index in [0.717, 1.165) is 6.07 Å². The van der Waals surface area contributed by atoms with Gasteiger partial charge in [-0.1, -0.05) is 6.07 Å². The lowest BCUT2D eigenvalue weighted by Gasteiger charge is -2.06. The third-order valence-corrected chi connectivity index (χ3v) is 2.61. The molecular formula is C13H14FN3O2. The molecule has 19 heavy (non-hydrogen) atoms. The number of rotatable bonds is 3. The van der Waals surface area contributed by atoms with Crippen LogP contribution in [0.1, 0.15) is 30.2 Å². The molecule has 1 aromatic heterocycles. The van der Waals surface area contributed by atoms with Crippen molar-refractivity contribution >= 4 is 11.6 Å². The van der Waals surface area contributed by atoms with Gasteiger partial charge in [0, 0.05) is 12.2 Å². The van der Waals surface area contributed by atoms with E-state index in [9.17, 15) is 14.3 Å². The van der Waals surface area contributed by atoms with E-state index >= 15 is 0 Å². The number of amides is 1. The van der Waals surface area contributed by atoms with E-state index in [1.807, 2.05) is 13.8 Å². The SMILES string of the molecule is CC(C)n1cc(NC(=O)c2c(O)cccc2F)cn1. The molecule has 0 aliphatic rings. The number of nitrogens with zero attached hydrogens (tertiary/aromatic N) is 2. The lowest BCUT2D eigenvalue weighted by Crippen LogP contribution is -2.13. The first kappa shape index (κ1) is 13.1. The summed E-state index contributed by atoms with van der Waals surface area (Å²) in [5.41, 5.74) is 0.0705. The summed E-state index contributed by atoms with van der Waals surface area (Å²) in [7, 11) is 0. The van der Waals surface area contributed by atoms with Gasteiger partial charge >= 0.3 is 0 Å². The van der Waals surface area contributed by atoms with Crippen molar-refractivity contribution in [3.63, 3.8) is 0 Å². The minimum absolute atomic E-state index is 0.160. The molecular weight excluding hydrogens is 249 g/mol. The summed E-state index contributed by atoms with van der Waals surface area (Å²) in [6.45, 7) is 3.89. The highest BCUT2D eigenvalue weighted by atomic mass is 19.1. The number of anilines is 1. The Bertz CT molecular complexity index is 587. The van der Waals surface area contributed by atoms with Gasteiger partial charge in [0.2, 0.25) is 0 Å². The zero-order chi connectivity index (χ0) is 14.0. The third-order valence-electron chi connectivity index (χ3n) is 2.61. The minimum Gasteiger partial charge on any atom is -0.507 e. The first-order valence-corrected chi connectivity index (χ1v) is 5.82. The molecule has 2 aromatic rings. The maximum Gasteiger partial charge on any atom is 0.262 e. The first-order valence-electron chi connectivity index (χ1n) is 5.82.